The molecule has 0 saturated carbocycles. The number of hydrogen-bond donors (Lipinski definition) is 1. The lowest BCUT2D eigenvalue weighted by atomic mass is 10.2. The van der Waals surface area contributed by atoms with E-state index in [9.17, 15) is 4.39 Å². The van der Waals surface area contributed by atoms with Gasteiger partial charge in [0.2, 0.25) is 5.95 Å². The topological polar surface area (TPSA) is 37.8 Å². The Labute approximate surface area is 97.3 Å². The van der Waals surface area contributed by atoms with Gasteiger partial charge in [0.15, 0.2) is 0 Å². The standard InChI is InChI=1S/C11H9ClFN3/c1-7-2-3-8(12)9(4-7)16-11-5-10(13)14-6-15-11/h2-6H,1H3,(H,14,15,16). The first-order valence-corrected chi connectivity index (χ1v) is 5.03. The van der Waals surface area contributed by atoms with Crippen molar-refractivity contribution in [2.24, 2.45) is 0 Å². The Morgan fingerprint density at radius 2 is 2.06 bits per heavy atom. The summed E-state index contributed by atoms with van der Waals surface area (Å²) in [4.78, 5) is 7.26. The van der Waals surface area contributed by atoms with E-state index in [0.717, 1.165) is 11.9 Å². The smallest absolute Gasteiger partial charge is 0.218 e. The fourth-order valence-electron chi connectivity index (χ4n) is 1.27. The minimum atomic E-state index is -0.582. The molecule has 0 fully saturated rings. The number of nitrogens with one attached hydrogen (secondary N) is 1. The molecule has 2 rings (SSSR count). The van der Waals surface area contributed by atoms with Crippen molar-refractivity contribution in [2.45, 2.75) is 6.92 Å². The van der Waals surface area contributed by atoms with E-state index in [1.54, 1.807) is 6.07 Å². The summed E-state index contributed by atoms with van der Waals surface area (Å²) in [5, 5.41) is 3.49. The number of hydrogen-bond acceptors (Lipinski definition) is 3. The van der Waals surface area contributed by atoms with Crippen LogP contribution in [0.5, 0.6) is 0 Å². The van der Waals surface area contributed by atoms with Gasteiger partial charge < -0.3 is 5.32 Å². The van der Waals surface area contributed by atoms with Gasteiger partial charge in [-0.3, -0.25) is 0 Å². The lowest BCUT2D eigenvalue weighted by Gasteiger charge is -2.07. The number of aromatic nitrogens is 2. The first-order valence-electron chi connectivity index (χ1n) is 4.66. The minimum Gasteiger partial charge on any atom is -0.339 e. The summed E-state index contributed by atoms with van der Waals surface area (Å²) < 4.78 is 12.8. The number of rotatable bonds is 2. The molecule has 0 bridgehead atoms. The fourth-order valence-corrected chi connectivity index (χ4v) is 1.44. The van der Waals surface area contributed by atoms with E-state index in [1.807, 2.05) is 19.1 Å². The molecule has 0 amide bonds. The van der Waals surface area contributed by atoms with E-state index in [-0.39, 0.29) is 0 Å². The third kappa shape index (κ3) is 2.46. The van der Waals surface area contributed by atoms with Crippen molar-refractivity contribution < 1.29 is 4.39 Å². The van der Waals surface area contributed by atoms with E-state index in [1.165, 1.54) is 6.07 Å². The van der Waals surface area contributed by atoms with Gasteiger partial charge in [-0.25, -0.2) is 9.97 Å². The Hall–Kier alpha value is -1.68. The molecule has 82 valence electrons. The number of benzene rings is 1. The number of nitrogens with zero attached hydrogens (tertiary/aromatic N) is 2. The summed E-state index contributed by atoms with van der Waals surface area (Å²) >= 11 is 5.99. The highest BCUT2D eigenvalue weighted by Crippen LogP contribution is 2.25. The highest BCUT2D eigenvalue weighted by Gasteiger charge is 2.03. The molecule has 3 nitrogen and oxygen atoms in total. The average molecular weight is 238 g/mol. The largest absolute Gasteiger partial charge is 0.339 e. The fraction of sp³-hybridized carbons (Fsp3) is 0.0909. The minimum absolute atomic E-state index is 0.375. The van der Waals surface area contributed by atoms with Crippen LogP contribution in [0.3, 0.4) is 0 Å². The van der Waals surface area contributed by atoms with Crippen molar-refractivity contribution >= 4 is 23.1 Å². The van der Waals surface area contributed by atoms with Crippen LogP contribution in [-0.4, -0.2) is 9.97 Å². The Balaban J connectivity index is 2.30. The first kappa shape index (κ1) is 10.8. The van der Waals surface area contributed by atoms with Gasteiger partial charge in [-0.1, -0.05) is 17.7 Å². The van der Waals surface area contributed by atoms with E-state index in [2.05, 4.69) is 15.3 Å². The molecule has 0 spiro atoms. The molecule has 0 aliphatic carbocycles. The van der Waals surface area contributed by atoms with Crippen LogP contribution in [0, 0.1) is 12.9 Å². The quantitative estimate of drug-likeness (QED) is 0.815. The first-order chi connectivity index (χ1) is 7.65. The van der Waals surface area contributed by atoms with Gasteiger partial charge in [-0.05, 0) is 24.6 Å². The predicted molar refractivity (Wildman–Crippen MR) is 61.5 cm³/mol. The lowest BCUT2D eigenvalue weighted by molar-refractivity contribution is 0.580. The third-order valence-corrected chi connectivity index (χ3v) is 2.35. The van der Waals surface area contributed by atoms with Crippen LogP contribution in [-0.2, 0) is 0 Å². The third-order valence-electron chi connectivity index (χ3n) is 2.02. The Morgan fingerprint density at radius 3 is 2.81 bits per heavy atom. The molecule has 0 atom stereocenters. The normalized spacial score (nSPS) is 10.2. The van der Waals surface area contributed by atoms with E-state index < -0.39 is 5.95 Å². The number of halogens is 2. The maximum Gasteiger partial charge on any atom is 0.218 e. The highest BCUT2D eigenvalue weighted by atomic mass is 35.5. The van der Waals surface area contributed by atoms with Crippen LogP contribution in [0.25, 0.3) is 0 Å². The van der Waals surface area contributed by atoms with Gasteiger partial charge in [0.05, 0.1) is 10.7 Å². The van der Waals surface area contributed by atoms with E-state index >= 15 is 0 Å². The Bertz CT molecular complexity index is 516. The molecule has 2 aromatic rings. The van der Waals surface area contributed by atoms with E-state index in [4.69, 9.17) is 11.6 Å². The molecule has 1 N–H and O–H groups in total. The van der Waals surface area contributed by atoms with Gasteiger partial charge in [0.1, 0.15) is 12.1 Å². The molecule has 1 heterocycles. The molecule has 0 unspecified atom stereocenters. The molecule has 5 heteroatoms. The highest BCUT2D eigenvalue weighted by molar-refractivity contribution is 6.33. The van der Waals surface area contributed by atoms with Gasteiger partial charge in [0.25, 0.3) is 0 Å². The molecule has 0 aliphatic rings. The lowest BCUT2D eigenvalue weighted by Crippen LogP contribution is -1.96. The van der Waals surface area contributed by atoms with Crippen molar-refractivity contribution in [2.75, 3.05) is 5.32 Å². The predicted octanol–water partition coefficient (Wildman–Crippen LogP) is 3.32. The van der Waals surface area contributed by atoms with Crippen molar-refractivity contribution in [3.63, 3.8) is 0 Å². The zero-order chi connectivity index (χ0) is 11.5. The Kier molecular flexibility index (Phi) is 3.01. The van der Waals surface area contributed by atoms with Crippen molar-refractivity contribution in [1.82, 2.24) is 9.97 Å². The molecule has 0 radical (unpaired) electrons. The summed E-state index contributed by atoms with van der Waals surface area (Å²) in [5.41, 5.74) is 1.75. The van der Waals surface area contributed by atoms with Crippen LogP contribution >= 0.6 is 11.6 Å². The molecule has 16 heavy (non-hydrogen) atoms. The van der Waals surface area contributed by atoms with Gasteiger partial charge in [0, 0.05) is 6.07 Å². The van der Waals surface area contributed by atoms with Gasteiger partial charge >= 0.3 is 0 Å². The van der Waals surface area contributed by atoms with Crippen LogP contribution < -0.4 is 5.32 Å². The summed E-state index contributed by atoms with van der Waals surface area (Å²) in [7, 11) is 0. The van der Waals surface area contributed by atoms with Gasteiger partial charge in [-0.2, -0.15) is 4.39 Å². The van der Waals surface area contributed by atoms with Gasteiger partial charge in [-0.15, -0.1) is 0 Å². The van der Waals surface area contributed by atoms with E-state index in [0.29, 0.717) is 16.5 Å². The molecule has 1 aromatic heterocycles. The number of aryl methyl sites for hydroxylation is 1. The second kappa shape index (κ2) is 4.45. The second-order valence-corrected chi connectivity index (χ2v) is 3.74. The molecule has 1 aromatic carbocycles. The maximum absolute atomic E-state index is 12.8. The summed E-state index contributed by atoms with van der Waals surface area (Å²) in [5.74, 6) is -0.207. The molecular weight excluding hydrogens is 229 g/mol. The monoisotopic (exact) mass is 237 g/mol. The number of anilines is 2. The maximum atomic E-state index is 12.8. The summed E-state index contributed by atoms with van der Waals surface area (Å²) in [6, 6.07) is 6.74. The van der Waals surface area contributed by atoms with Crippen molar-refractivity contribution in [1.29, 1.82) is 0 Å². The molecular formula is C11H9ClFN3. The summed E-state index contributed by atoms with van der Waals surface area (Å²) in [6.07, 6.45) is 1.15. The van der Waals surface area contributed by atoms with Crippen molar-refractivity contribution in [3.8, 4) is 0 Å². The van der Waals surface area contributed by atoms with Crippen LogP contribution in [0.2, 0.25) is 5.02 Å². The average Bonchev–Trinajstić information content (AvgIpc) is 2.24. The SMILES string of the molecule is Cc1ccc(Cl)c(Nc2cc(F)ncn2)c1. The molecule has 0 saturated heterocycles. The zero-order valence-electron chi connectivity index (χ0n) is 8.54. The van der Waals surface area contributed by atoms with Crippen LogP contribution in [0.15, 0.2) is 30.6 Å². The Morgan fingerprint density at radius 1 is 1.25 bits per heavy atom. The second-order valence-electron chi connectivity index (χ2n) is 3.33. The molecule has 0 aliphatic heterocycles. The van der Waals surface area contributed by atoms with Crippen LogP contribution in [0.1, 0.15) is 5.56 Å². The zero-order valence-corrected chi connectivity index (χ0v) is 9.29. The summed E-state index contributed by atoms with van der Waals surface area (Å²) in [6.45, 7) is 1.95. The van der Waals surface area contributed by atoms with Crippen LogP contribution in [0.4, 0.5) is 15.9 Å². The van der Waals surface area contributed by atoms with Crippen molar-refractivity contribution in [3.05, 3.63) is 47.1 Å².